The Labute approximate surface area is 119 Å². The Hall–Kier alpha value is -0.840. The molecule has 0 spiro atoms. The normalized spacial score (nSPS) is 21.6. The summed E-state index contributed by atoms with van der Waals surface area (Å²) in [5.74, 6) is 0.0405. The number of carbonyl (C=O) groups excluding carboxylic acids is 1. The second-order valence-corrected chi connectivity index (χ2v) is 3.90. The van der Waals surface area contributed by atoms with E-state index in [1.807, 2.05) is 19.1 Å². The molecule has 0 amide bonds. The molecule has 2 atom stereocenters. The Morgan fingerprint density at radius 2 is 2.06 bits per heavy atom. The summed E-state index contributed by atoms with van der Waals surface area (Å²) in [5, 5.41) is 3.24. The highest BCUT2D eigenvalue weighted by Crippen LogP contribution is 2.28. The van der Waals surface area contributed by atoms with E-state index in [0.29, 0.717) is 13.2 Å². The maximum atomic E-state index is 11.8. The highest BCUT2D eigenvalue weighted by atomic mass is 35.5. The van der Waals surface area contributed by atoms with Gasteiger partial charge in [0, 0.05) is 31.4 Å². The van der Waals surface area contributed by atoms with E-state index in [9.17, 15) is 4.79 Å². The summed E-state index contributed by atoms with van der Waals surface area (Å²) in [5.41, 5.74) is 1.15. The predicted molar refractivity (Wildman–Crippen MR) is 74.5 cm³/mol. The first-order valence-corrected chi connectivity index (χ1v) is 5.60. The van der Waals surface area contributed by atoms with E-state index in [4.69, 9.17) is 4.74 Å². The van der Waals surface area contributed by atoms with Crippen molar-refractivity contribution < 1.29 is 9.53 Å². The minimum Gasteiger partial charge on any atom is -0.466 e. The van der Waals surface area contributed by atoms with Crippen LogP contribution in [-0.4, -0.2) is 30.6 Å². The lowest BCUT2D eigenvalue weighted by Crippen LogP contribution is -2.24. The van der Waals surface area contributed by atoms with Gasteiger partial charge < -0.3 is 10.1 Å². The Balaban J connectivity index is 0.00000144. The van der Waals surface area contributed by atoms with Crippen molar-refractivity contribution in [1.82, 2.24) is 10.3 Å². The van der Waals surface area contributed by atoms with Gasteiger partial charge in [0.25, 0.3) is 0 Å². The third-order valence-corrected chi connectivity index (χ3v) is 2.94. The summed E-state index contributed by atoms with van der Waals surface area (Å²) in [4.78, 5) is 15.7. The number of nitrogens with zero attached hydrogens (tertiary/aromatic N) is 1. The van der Waals surface area contributed by atoms with Crippen molar-refractivity contribution in [2.75, 3.05) is 19.7 Å². The van der Waals surface area contributed by atoms with Crippen LogP contribution in [0.4, 0.5) is 0 Å². The number of pyridine rings is 1. The molecule has 2 rings (SSSR count). The molecule has 4 nitrogen and oxygen atoms in total. The highest BCUT2D eigenvalue weighted by molar-refractivity contribution is 5.85. The lowest BCUT2D eigenvalue weighted by atomic mass is 9.90. The van der Waals surface area contributed by atoms with Crippen LogP contribution in [-0.2, 0) is 9.53 Å². The SMILES string of the molecule is CCOC(=O)[C@H]1CNC[C@@H]1c1ccncc1.Cl.Cl. The number of rotatable bonds is 3. The number of hydrogen-bond acceptors (Lipinski definition) is 4. The van der Waals surface area contributed by atoms with Gasteiger partial charge in [0.1, 0.15) is 0 Å². The predicted octanol–water partition coefficient (Wildman–Crippen LogP) is 1.79. The van der Waals surface area contributed by atoms with E-state index in [1.54, 1.807) is 12.4 Å². The fourth-order valence-electron chi connectivity index (χ4n) is 2.14. The first kappa shape index (κ1) is 17.2. The number of aromatic nitrogens is 1. The van der Waals surface area contributed by atoms with E-state index in [2.05, 4.69) is 10.3 Å². The first-order chi connectivity index (χ1) is 7.83. The number of carbonyl (C=O) groups is 1. The first-order valence-electron chi connectivity index (χ1n) is 5.60. The van der Waals surface area contributed by atoms with Gasteiger partial charge in [-0.25, -0.2) is 0 Å². The summed E-state index contributed by atoms with van der Waals surface area (Å²) in [6, 6.07) is 3.92. The molecule has 0 bridgehead atoms. The van der Waals surface area contributed by atoms with Crippen LogP contribution in [0.3, 0.4) is 0 Å². The average molecular weight is 293 g/mol. The van der Waals surface area contributed by atoms with Gasteiger partial charge in [-0.3, -0.25) is 9.78 Å². The van der Waals surface area contributed by atoms with Gasteiger partial charge in [0.15, 0.2) is 0 Å². The fourth-order valence-corrected chi connectivity index (χ4v) is 2.14. The van der Waals surface area contributed by atoms with Gasteiger partial charge in [0.05, 0.1) is 12.5 Å². The van der Waals surface area contributed by atoms with Gasteiger partial charge in [0.2, 0.25) is 0 Å². The molecular formula is C12H18Cl2N2O2. The van der Waals surface area contributed by atoms with E-state index < -0.39 is 0 Å². The number of nitrogens with one attached hydrogen (secondary N) is 1. The second kappa shape index (κ2) is 8.29. The minimum atomic E-state index is -0.102. The molecule has 1 aliphatic heterocycles. The van der Waals surface area contributed by atoms with Crippen molar-refractivity contribution in [2.24, 2.45) is 5.92 Å². The Morgan fingerprint density at radius 1 is 1.39 bits per heavy atom. The van der Waals surface area contributed by atoms with Crippen LogP contribution in [0.1, 0.15) is 18.4 Å². The van der Waals surface area contributed by atoms with Gasteiger partial charge >= 0.3 is 5.97 Å². The van der Waals surface area contributed by atoms with Gasteiger partial charge in [-0.1, -0.05) is 0 Å². The molecule has 0 aromatic carbocycles. The molecule has 1 saturated heterocycles. The summed E-state index contributed by atoms with van der Waals surface area (Å²) < 4.78 is 5.08. The number of esters is 1. The average Bonchev–Trinajstić information content (AvgIpc) is 2.79. The Bertz CT molecular complexity index is 362. The molecule has 1 N–H and O–H groups in total. The molecular weight excluding hydrogens is 275 g/mol. The molecule has 1 aromatic rings. The van der Waals surface area contributed by atoms with E-state index in [1.165, 1.54) is 0 Å². The molecule has 6 heteroatoms. The van der Waals surface area contributed by atoms with Crippen LogP contribution in [0.5, 0.6) is 0 Å². The maximum Gasteiger partial charge on any atom is 0.310 e. The molecule has 2 heterocycles. The number of halogens is 2. The van der Waals surface area contributed by atoms with Gasteiger partial charge in [-0.15, -0.1) is 24.8 Å². The molecule has 1 aromatic heterocycles. The van der Waals surface area contributed by atoms with Crippen LogP contribution < -0.4 is 5.32 Å². The van der Waals surface area contributed by atoms with Crippen molar-refractivity contribution in [2.45, 2.75) is 12.8 Å². The standard InChI is InChI=1S/C12H16N2O2.2ClH/c1-2-16-12(15)11-8-14-7-10(11)9-3-5-13-6-4-9;;/h3-6,10-11,14H,2,7-8H2,1H3;2*1H/t10-,11+;;/m1../s1. The van der Waals surface area contributed by atoms with E-state index >= 15 is 0 Å². The van der Waals surface area contributed by atoms with Crippen molar-refractivity contribution in [3.63, 3.8) is 0 Å². The molecule has 18 heavy (non-hydrogen) atoms. The van der Waals surface area contributed by atoms with Gasteiger partial charge in [-0.2, -0.15) is 0 Å². The van der Waals surface area contributed by atoms with Crippen LogP contribution in [0.25, 0.3) is 0 Å². The third-order valence-electron chi connectivity index (χ3n) is 2.94. The largest absolute Gasteiger partial charge is 0.466 e. The summed E-state index contributed by atoms with van der Waals surface area (Å²) in [6.07, 6.45) is 3.52. The van der Waals surface area contributed by atoms with E-state index in [-0.39, 0.29) is 42.6 Å². The zero-order valence-corrected chi connectivity index (χ0v) is 11.8. The zero-order chi connectivity index (χ0) is 11.4. The smallest absolute Gasteiger partial charge is 0.310 e. The number of ether oxygens (including phenoxy) is 1. The lowest BCUT2D eigenvalue weighted by molar-refractivity contribution is -0.147. The second-order valence-electron chi connectivity index (χ2n) is 3.90. The summed E-state index contributed by atoms with van der Waals surface area (Å²) in [7, 11) is 0. The topological polar surface area (TPSA) is 51.2 Å². The van der Waals surface area contributed by atoms with Crippen molar-refractivity contribution in [3.8, 4) is 0 Å². The fraction of sp³-hybridized carbons (Fsp3) is 0.500. The quantitative estimate of drug-likeness (QED) is 0.863. The van der Waals surface area contributed by atoms with Crippen molar-refractivity contribution >= 4 is 30.8 Å². The summed E-state index contributed by atoms with van der Waals surface area (Å²) >= 11 is 0. The molecule has 0 aliphatic carbocycles. The Kier molecular flexibility index (Phi) is 7.91. The molecule has 0 saturated carbocycles. The van der Waals surface area contributed by atoms with Crippen molar-refractivity contribution in [1.29, 1.82) is 0 Å². The molecule has 0 unspecified atom stereocenters. The summed E-state index contributed by atoms with van der Waals surface area (Å²) in [6.45, 7) is 3.80. The molecule has 1 fully saturated rings. The van der Waals surface area contributed by atoms with Crippen LogP contribution in [0.15, 0.2) is 24.5 Å². The zero-order valence-electron chi connectivity index (χ0n) is 10.2. The Morgan fingerprint density at radius 3 is 2.67 bits per heavy atom. The molecule has 1 aliphatic rings. The third kappa shape index (κ3) is 3.83. The maximum absolute atomic E-state index is 11.8. The van der Waals surface area contributed by atoms with Crippen LogP contribution >= 0.6 is 24.8 Å². The van der Waals surface area contributed by atoms with E-state index in [0.717, 1.165) is 12.1 Å². The van der Waals surface area contributed by atoms with Gasteiger partial charge in [-0.05, 0) is 24.6 Å². The molecule has 102 valence electrons. The van der Waals surface area contributed by atoms with Crippen LogP contribution in [0.2, 0.25) is 0 Å². The highest BCUT2D eigenvalue weighted by Gasteiger charge is 2.34. The minimum absolute atomic E-state index is 0. The monoisotopic (exact) mass is 292 g/mol. The van der Waals surface area contributed by atoms with Crippen LogP contribution in [0, 0.1) is 5.92 Å². The lowest BCUT2D eigenvalue weighted by Gasteiger charge is -2.16. The number of hydrogen-bond donors (Lipinski definition) is 1. The van der Waals surface area contributed by atoms with Crippen molar-refractivity contribution in [3.05, 3.63) is 30.1 Å². The molecule has 0 radical (unpaired) electrons.